The molecule has 26 heavy (non-hydrogen) atoms. The van der Waals surface area contributed by atoms with Crippen molar-refractivity contribution in [3.63, 3.8) is 0 Å². The van der Waals surface area contributed by atoms with Crippen molar-refractivity contribution in [2.24, 2.45) is 11.3 Å². The zero-order valence-corrected chi connectivity index (χ0v) is 15.1. The van der Waals surface area contributed by atoms with Gasteiger partial charge in [0, 0.05) is 24.7 Å². The van der Waals surface area contributed by atoms with Gasteiger partial charge in [-0.15, -0.1) is 0 Å². The molecule has 1 aromatic carbocycles. The summed E-state index contributed by atoms with van der Waals surface area (Å²) >= 11 is 0. The van der Waals surface area contributed by atoms with E-state index in [9.17, 15) is 9.59 Å². The first kappa shape index (κ1) is 17.5. The minimum atomic E-state index is 0.135. The first-order valence-electron chi connectivity index (χ1n) is 9.62. The van der Waals surface area contributed by atoms with Gasteiger partial charge in [0.25, 0.3) is 0 Å². The second-order valence-corrected chi connectivity index (χ2v) is 7.73. The van der Waals surface area contributed by atoms with Crippen molar-refractivity contribution in [1.29, 1.82) is 0 Å². The molecule has 6 heteroatoms. The number of hydrogen-bond donors (Lipinski definition) is 2. The number of nitrogens with zero attached hydrogens (tertiary/aromatic N) is 1. The zero-order chi connectivity index (χ0) is 18.0. The molecule has 1 aliphatic carbocycles. The number of carbonyl (C=O) groups excluding carboxylic acids is 2. The van der Waals surface area contributed by atoms with E-state index >= 15 is 0 Å². The highest BCUT2D eigenvalue weighted by atomic mass is 16.5. The Morgan fingerprint density at radius 3 is 2.54 bits per heavy atom. The van der Waals surface area contributed by atoms with Crippen LogP contribution in [0.25, 0.3) is 0 Å². The number of hydrogen-bond acceptors (Lipinski definition) is 4. The Kier molecular flexibility index (Phi) is 4.96. The number of amides is 2. The van der Waals surface area contributed by atoms with E-state index in [-0.39, 0.29) is 23.1 Å². The van der Waals surface area contributed by atoms with Crippen LogP contribution in [0.4, 0.5) is 5.69 Å². The molecule has 2 aliphatic heterocycles. The maximum Gasteiger partial charge on any atom is 0.228 e. The average Bonchev–Trinajstić information content (AvgIpc) is 3.37. The number of morpholine rings is 1. The number of ether oxygens (including phenoxy) is 1. The van der Waals surface area contributed by atoms with Crippen LogP contribution in [0.5, 0.6) is 0 Å². The number of anilines is 1. The minimum Gasteiger partial charge on any atom is -0.378 e. The van der Waals surface area contributed by atoms with E-state index < -0.39 is 0 Å². The smallest absolute Gasteiger partial charge is 0.228 e. The Morgan fingerprint density at radius 2 is 1.85 bits per heavy atom. The molecule has 1 saturated carbocycles. The van der Waals surface area contributed by atoms with Crippen LogP contribution in [0.1, 0.15) is 24.8 Å². The molecule has 3 fully saturated rings. The molecule has 1 aromatic rings. The highest BCUT2D eigenvalue weighted by Gasteiger charge is 2.57. The Bertz CT molecular complexity index is 661. The minimum absolute atomic E-state index is 0.135. The quantitative estimate of drug-likeness (QED) is 0.855. The summed E-state index contributed by atoms with van der Waals surface area (Å²) in [7, 11) is 0. The lowest BCUT2D eigenvalue weighted by atomic mass is 9.92. The molecule has 2 saturated heterocycles. The van der Waals surface area contributed by atoms with E-state index in [1.54, 1.807) is 0 Å². The third-order valence-electron chi connectivity index (χ3n) is 6.05. The second kappa shape index (κ2) is 7.37. The predicted octanol–water partition coefficient (Wildman–Crippen LogP) is 1.42. The monoisotopic (exact) mass is 357 g/mol. The van der Waals surface area contributed by atoms with Crippen molar-refractivity contribution in [2.75, 3.05) is 44.7 Å². The molecular weight excluding hydrogens is 330 g/mol. The summed E-state index contributed by atoms with van der Waals surface area (Å²) in [5.41, 5.74) is 2.04. The molecule has 4 rings (SSSR count). The maximum absolute atomic E-state index is 12.5. The number of nitrogens with one attached hydrogen (secondary N) is 2. The zero-order valence-electron chi connectivity index (χ0n) is 15.1. The fraction of sp³-hybridized carbons (Fsp3) is 0.600. The summed E-state index contributed by atoms with van der Waals surface area (Å²) in [6.45, 7) is 4.63. The molecule has 1 unspecified atom stereocenters. The van der Waals surface area contributed by atoms with E-state index in [4.69, 9.17) is 4.74 Å². The lowest BCUT2D eigenvalue weighted by Gasteiger charge is -2.26. The van der Waals surface area contributed by atoms with Gasteiger partial charge in [0.1, 0.15) is 0 Å². The first-order valence-corrected chi connectivity index (χ1v) is 9.62. The lowest BCUT2D eigenvalue weighted by Crippen LogP contribution is -2.41. The maximum atomic E-state index is 12.5. The highest BCUT2D eigenvalue weighted by molar-refractivity contribution is 5.95. The average molecular weight is 357 g/mol. The normalized spacial score (nSPS) is 24.3. The van der Waals surface area contributed by atoms with Gasteiger partial charge >= 0.3 is 0 Å². The van der Waals surface area contributed by atoms with Crippen LogP contribution in [0.2, 0.25) is 0 Å². The van der Waals surface area contributed by atoms with Crippen LogP contribution in [-0.4, -0.2) is 56.1 Å². The SMILES string of the molecule is O=C(Nc1ccc(CC(=O)N2CCOCC2)cc1)C1CC12CCNCC2. The van der Waals surface area contributed by atoms with Gasteiger partial charge in [0.15, 0.2) is 0 Å². The van der Waals surface area contributed by atoms with Crippen LogP contribution in [0.3, 0.4) is 0 Å². The van der Waals surface area contributed by atoms with Gasteiger partial charge in [0.05, 0.1) is 19.6 Å². The summed E-state index contributed by atoms with van der Waals surface area (Å²) in [4.78, 5) is 26.7. The van der Waals surface area contributed by atoms with Gasteiger partial charge < -0.3 is 20.3 Å². The molecule has 2 amide bonds. The summed E-state index contributed by atoms with van der Waals surface area (Å²) in [5.74, 6) is 0.437. The van der Waals surface area contributed by atoms with Crippen molar-refractivity contribution >= 4 is 17.5 Å². The van der Waals surface area contributed by atoms with Crippen molar-refractivity contribution < 1.29 is 14.3 Å². The third-order valence-corrected chi connectivity index (χ3v) is 6.05. The molecule has 140 valence electrons. The third kappa shape index (κ3) is 3.76. The van der Waals surface area contributed by atoms with Crippen LogP contribution >= 0.6 is 0 Å². The van der Waals surface area contributed by atoms with E-state index in [2.05, 4.69) is 10.6 Å². The van der Waals surface area contributed by atoms with Crippen molar-refractivity contribution in [3.05, 3.63) is 29.8 Å². The molecule has 0 radical (unpaired) electrons. The van der Waals surface area contributed by atoms with Crippen LogP contribution in [-0.2, 0) is 20.7 Å². The van der Waals surface area contributed by atoms with Gasteiger partial charge in [-0.05, 0) is 55.5 Å². The molecule has 0 aromatic heterocycles. The molecule has 1 atom stereocenters. The fourth-order valence-electron chi connectivity index (χ4n) is 4.23. The first-order chi connectivity index (χ1) is 12.7. The lowest BCUT2D eigenvalue weighted by molar-refractivity contribution is -0.134. The molecule has 2 heterocycles. The van der Waals surface area contributed by atoms with E-state index in [1.807, 2.05) is 29.2 Å². The van der Waals surface area contributed by atoms with Crippen LogP contribution < -0.4 is 10.6 Å². The summed E-state index contributed by atoms with van der Waals surface area (Å²) in [6, 6.07) is 7.66. The number of piperidine rings is 1. The van der Waals surface area contributed by atoms with E-state index in [0.717, 1.165) is 43.6 Å². The Balaban J connectivity index is 1.29. The number of rotatable bonds is 4. The molecule has 0 bridgehead atoms. The molecule has 3 aliphatic rings. The van der Waals surface area contributed by atoms with Gasteiger partial charge in [0.2, 0.25) is 11.8 Å². The molecule has 1 spiro atoms. The van der Waals surface area contributed by atoms with Crippen molar-refractivity contribution in [3.8, 4) is 0 Å². The van der Waals surface area contributed by atoms with Crippen LogP contribution in [0, 0.1) is 11.3 Å². The topological polar surface area (TPSA) is 70.7 Å². The van der Waals surface area contributed by atoms with E-state index in [0.29, 0.717) is 32.7 Å². The number of carbonyl (C=O) groups is 2. The Hall–Kier alpha value is -1.92. The van der Waals surface area contributed by atoms with Gasteiger partial charge in [-0.1, -0.05) is 12.1 Å². The van der Waals surface area contributed by atoms with Gasteiger partial charge in [-0.2, -0.15) is 0 Å². The highest BCUT2D eigenvalue weighted by Crippen LogP contribution is 2.58. The fourth-order valence-corrected chi connectivity index (χ4v) is 4.23. The summed E-state index contributed by atoms with van der Waals surface area (Å²) < 4.78 is 5.28. The molecule has 6 nitrogen and oxygen atoms in total. The molecule has 2 N–H and O–H groups in total. The van der Waals surface area contributed by atoms with Crippen molar-refractivity contribution in [2.45, 2.75) is 25.7 Å². The van der Waals surface area contributed by atoms with E-state index in [1.165, 1.54) is 0 Å². The summed E-state index contributed by atoms with van der Waals surface area (Å²) in [6.07, 6.45) is 3.63. The predicted molar refractivity (Wildman–Crippen MR) is 98.8 cm³/mol. The number of benzene rings is 1. The van der Waals surface area contributed by atoms with Gasteiger partial charge in [-0.25, -0.2) is 0 Å². The summed E-state index contributed by atoms with van der Waals surface area (Å²) in [5, 5.41) is 6.41. The molecular formula is C20H27N3O3. The van der Waals surface area contributed by atoms with Crippen molar-refractivity contribution in [1.82, 2.24) is 10.2 Å². The standard InChI is InChI=1S/C20H27N3O3/c24-18(23-9-11-26-12-10-23)13-15-1-3-16(4-2-15)22-19(25)17-14-20(17)5-7-21-8-6-20/h1-4,17,21H,5-14H2,(H,22,25). The van der Waals surface area contributed by atoms with Gasteiger partial charge in [-0.3, -0.25) is 9.59 Å². The second-order valence-electron chi connectivity index (χ2n) is 7.73. The Morgan fingerprint density at radius 1 is 1.15 bits per heavy atom. The largest absolute Gasteiger partial charge is 0.378 e. The van der Waals surface area contributed by atoms with Crippen LogP contribution in [0.15, 0.2) is 24.3 Å². The Labute approximate surface area is 154 Å².